The molecule has 0 saturated carbocycles. The molecule has 0 heterocycles. The number of nitrogens with two attached hydrogens (primary N) is 1. The Morgan fingerprint density at radius 2 is 2.13 bits per heavy atom. The van der Waals surface area contributed by atoms with Gasteiger partial charge in [0.25, 0.3) is 5.91 Å². The molecule has 1 amide bonds. The number of carbonyl (C=O) groups is 2. The third-order valence-corrected chi connectivity index (χ3v) is 4.38. The average molecular weight is 329 g/mol. The van der Waals surface area contributed by atoms with Gasteiger partial charge in [-0.15, -0.1) is 0 Å². The van der Waals surface area contributed by atoms with Gasteiger partial charge in [0.2, 0.25) is 0 Å². The molecule has 3 rings (SSSR count). The van der Waals surface area contributed by atoms with Crippen molar-refractivity contribution in [3.05, 3.63) is 63.7 Å². The molecule has 1 atom stereocenters. The van der Waals surface area contributed by atoms with Crippen LogP contribution < -0.4 is 11.1 Å². The first kappa shape index (κ1) is 15.7. The van der Waals surface area contributed by atoms with E-state index in [0.717, 1.165) is 36.7 Å². The zero-order valence-corrected chi connectivity index (χ0v) is 13.3. The molecule has 1 aliphatic rings. The number of fused-ring (bicyclic) bond motifs is 1. The molecule has 0 spiro atoms. The number of amides is 1. The fourth-order valence-corrected chi connectivity index (χ4v) is 3.20. The average Bonchev–Trinajstić information content (AvgIpc) is 2.53. The van der Waals surface area contributed by atoms with Crippen LogP contribution in [0.1, 0.15) is 38.3 Å². The lowest BCUT2D eigenvalue weighted by atomic mass is 9.84. The van der Waals surface area contributed by atoms with E-state index in [4.69, 9.17) is 17.3 Å². The third-order valence-electron chi connectivity index (χ3n) is 4.15. The molecular weight excluding hydrogens is 312 g/mol. The molecule has 5 heteroatoms. The van der Waals surface area contributed by atoms with Gasteiger partial charge in [-0.1, -0.05) is 23.7 Å². The predicted octanol–water partition coefficient (Wildman–Crippen LogP) is 3.22. The van der Waals surface area contributed by atoms with Crippen molar-refractivity contribution in [3.63, 3.8) is 0 Å². The molecule has 23 heavy (non-hydrogen) atoms. The molecule has 0 bridgehead atoms. The second-order valence-corrected chi connectivity index (χ2v) is 6.19. The summed E-state index contributed by atoms with van der Waals surface area (Å²) in [4.78, 5) is 24.1. The maximum atomic E-state index is 12.5. The minimum Gasteiger partial charge on any atom is -0.327 e. The van der Waals surface area contributed by atoms with Crippen LogP contribution in [0.5, 0.6) is 0 Å². The van der Waals surface area contributed by atoms with Gasteiger partial charge in [-0.2, -0.15) is 0 Å². The minimum atomic E-state index is -0.313. The van der Waals surface area contributed by atoms with Crippen LogP contribution in [-0.4, -0.2) is 18.2 Å². The van der Waals surface area contributed by atoms with Crippen molar-refractivity contribution in [2.24, 2.45) is 5.73 Å². The number of rotatable bonds is 3. The summed E-state index contributed by atoms with van der Waals surface area (Å²) in [6, 6.07) is 10.6. The largest absolute Gasteiger partial charge is 0.327 e. The molecule has 0 saturated heterocycles. The van der Waals surface area contributed by atoms with Crippen LogP contribution in [0.4, 0.5) is 5.69 Å². The first-order chi connectivity index (χ1) is 11.1. The van der Waals surface area contributed by atoms with Crippen molar-refractivity contribution < 1.29 is 9.59 Å². The Bertz CT molecular complexity index is 774. The standard InChI is InChI=1S/C18H17ClN2O2/c19-12-2-1-3-14(9-12)21-18(23)16-6-4-11-8-13(20)5-7-15(11)17(16)10-22/h1-4,6,9-10,13H,5,7-8,20H2,(H,21,23). The number of aldehydes is 1. The van der Waals surface area contributed by atoms with Crippen LogP contribution in [0.3, 0.4) is 0 Å². The number of carbonyl (C=O) groups excluding carboxylic acids is 2. The van der Waals surface area contributed by atoms with Crippen LogP contribution in [0.25, 0.3) is 0 Å². The molecule has 1 unspecified atom stereocenters. The molecule has 3 N–H and O–H groups in total. The van der Waals surface area contributed by atoms with Crippen molar-refractivity contribution in [1.29, 1.82) is 0 Å². The van der Waals surface area contributed by atoms with Gasteiger partial charge in [-0.05, 0) is 54.7 Å². The van der Waals surface area contributed by atoms with E-state index >= 15 is 0 Å². The summed E-state index contributed by atoms with van der Waals surface area (Å²) in [6.45, 7) is 0. The van der Waals surface area contributed by atoms with E-state index in [0.29, 0.717) is 21.8 Å². The molecular formula is C18H17ClN2O2. The number of hydrogen-bond acceptors (Lipinski definition) is 3. The highest BCUT2D eigenvalue weighted by molar-refractivity contribution is 6.31. The van der Waals surface area contributed by atoms with Crippen molar-refractivity contribution >= 4 is 29.5 Å². The number of benzene rings is 2. The highest BCUT2D eigenvalue weighted by atomic mass is 35.5. The van der Waals surface area contributed by atoms with Crippen LogP contribution in [0.15, 0.2) is 36.4 Å². The normalized spacial score (nSPS) is 16.5. The van der Waals surface area contributed by atoms with Gasteiger partial charge in [0.05, 0.1) is 5.56 Å². The van der Waals surface area contributed by atoms with Gasteiger partial charge in [-0.3, -0.25) is 9.59 Å². The lowest BCUT2D eigenvalue weighted by Crippen LogP contribution is -2.29. The predicted molar refractivity (Wildman–Crippen MR) is 91.2 cm³/mol. The molecule has 2 aromatic carbocycles. The zero-order valence-electron chi connectivity index (χ0n) is 12.5. The van der Waals surface area contributed by atoms with Gasteiger partial charge >= 0.3 is 0 Å². The second kappa shape index (κ2) is 6.52. The first-order valence-corrected chi connectivity index (χ1v) is 7.88. The summed E-state index contributed by atoms with van der Waals surface area (Å²) < 4.78 is 0. The Morgan fingerprint density at radius 1 is 1.30 bits per heavy atom. The van der Waals surface area contributed by atoms with E-state index < -0.39 is 0 Å². The Labute approximate surface area is 139 Å². The van der Waals surface area contributed by atoms with Crippen LogP contribution >= 0.6 is 11.6 Å². The lowest BCUT2D eigenvalue weighted by Gasteiger charge is -2.23. The lowest BCUT2D eigenvalue weighted by molar-refractivity contribution is 0.101. The van der Waals surface area contributed by atoms with Crippen LogP contribution in [0.2, 0.25) is 5.02 Å². The molecule has 4 nitrogen and oxygen atoms in total. The van der Waals surface area contributed by atoms with E-state index in [2.05, 4.69) is 5.32 Å². The van der Waals surface area contributed by atoms with Crippen molar-refractivity contribution in [2.75, 3.05) is 5.32 Å². The Kier molecular flexibility index (Phi) is 4.46. The summed E-state index contributed by atoms with van der Waals surface area (Å²) in [5.41, 5.74) is 9.43. The Hall–Kier alpha value is -2.17. The smallest absolute Gasteiger partial charge is 0.256 e. The number of nitrogens with one attached hydrogen (secondary N) is 1. The monoisotopic (exact) mass is 328 g/mol. The van der Waals surface area contributed by atoms with Gasteiger partial charge < -0.3 is 11.1 Å². The van der Waals surface area contributed by atoms with Crippen molar-refractivity contribution in [3.8, 4) is 0 Å². The summed E-state index contributed by atoms with van der Waals surface area (Å²) in [7, 11) is 0. The zero-order chi connectivity index (χ0) is 16.4. The van der Waals surface area contributed by atoms with Gasteiger partial charge in [0.15, 0.2) is 6.29 Å². The molecule has 0 fully saturated rings. The SMILES string of the molecule is NC1CCc2c(ccc(C(=O)Nc3cccc(Cl)c3)c2C=O)C1. The van der Waals surface area contributed by atoms with E-state index in [9.17, 15) is 9.59 Å². The van der Waals surface area contributed by atoms with E-state index in [1.54, 1.807) is 30.3 Å². The molecule has 2 aromatic rings. The number of halogens is 1. The summed E-state index contributed by atoms with van der Waals surface area (Å²) in [5, 5.41) is 3.32. The van der Waals surface area contributed by atoms with Crippen LogP contribution in [0, 0.1) is 0 Å². The molecule has 0 aromatic heterocycles. The number of hydrogen-bond donors (Lipinski definition) is 2. The quantitative estimate of drug-likeness (QED) is 0.850. The van der Waals surface area contributed by atoms with E-state index in [-0.39, 0.29) is 11.9 Å². The Morgan fingerprint density at radius 3 is 2.87 bits per heavy atom. The fourth-order valence-electron chi connectivity index (χ4n) is 3.01. The minimum absolute atomic E-state index is 0.119. The van der Waals surface area contributed by atoms with Gasteiger partial charge in [0.1, 0.15) is 0 Å². The van der Waals surface area contributed by atoms with E-state index in [1.807, 2.05) is 6.07 Å². The summed E-state index contributed by atoms with van der Waals surface area (Å²) >= 11 is 5.92. The van der Waals surface area contributed by atoms with Crippen molar-refractivity contribution in [1.82, 2.24) is 0 Å². The Balaban J connectivity index is 1.93. The molecule has 0 aliphatic heterocycles. The molecule has 1 aliphatic carbocycles. The number of anilines is 1. The van der Waals surface area contributed by atoms with Crippen molar-refractivity contribution in [2.45, 2.75) is 25.3 Å². The highest BCUT2D eigenvalue weighted by Gasteiger charge is 2.22. The molecule has 0 radical (unpaired) electrons. The highest BCUT2D eigenvalue weighted by Crippen LogP contribution is 2.26. The molecule has 118 valence electrons. The van der Waals surface area contributed by atoms with Gasteiger partial charge in [0, 0.05) is 22.3 Å². The summed E-state index contributed by atoms with van der Waals surface area (Å²) in [6.07, 6.45) is 3.06. The third kappa shape index (κ3) is 3.28. The maximum absolute atomic E-state index is 12.5. The second-order valence-electron chi connectivity index (χ2n) is 5.75. The maximum Gasteiger partial charge on any atom is 0.256 e. The van der Waals surface area contributed by atoms with Gasteiger partial charge in [-0.25, -0.2) is 0 Å². The fraction of sp³-hybridized carbons (Fsp3) is 0.222. The summed E-state index contributed by atoms with van der Waals surface area (Å²) in [5.74, 6) is -0.313. The topological polar surface area (TPSA) is 72.2 Å². The first-order valence-electron chi connectivity index (χ1n) is 7.51. The van der Waals surface area contributed by atoms with Crippen LogP contribution in [-0.2, 0) is 12.8 Å². The van der Waals surface area contributed by atoms with E-state index in [1.165, 1.54) is 0 Å².